The van der Waals surface area contributed by atoms with Crippen molar-refractivity contribution >= 4 is 0 Å². The van der Waals surface area contributed by atoms with Crippen molar-refractivity contribution in [1.29, 1.82) is 0 Å². The highest BCUT2D eigenvalue weighted by Gasteiger charge is 2.30. The van der Waals surface area contributed by atoms with E-state index in [0.29, 0.717) is 0 Å². The smallest absolute Gasteiger partial charge is 0.0601 e. The predicted molar refractivity (Wildman–Crippen MR) is 76.7 cm³/mol. The van der Waals surface area contributed by atoms with Crippen LogP contribution < -0.4 is 5.73 Å². The van der Waals surface area contributed by atoms with Crippen LogP contribution >= 0.6 is 0 Å². The Kier molecular flexibility index (Phi) is 6.05. The van der Waals surface area contributed by atoms with E-state index in [-0.39, 0.29) is 24.2 Å². The van der Waals surface area contributed by atoms with Crippen LogP contribution in [0.15, 0.2) is 0 Å². The fourth-order valence-corrected chi connectivity index (χ4v) is 2.77. The minimum absolute atomic E-state index is 0.0983. The summed E-state index contributed by atoms with van der Waals surface area (Å²) in [6.07, 6.45) is 2.07. The van der Waals surface area contributed by atoms with Gasteiger partial charge in [-0.2, -0.15) is 0 Å². The summed E-state index contributed by atoms with van der Waals surface area (Å²) < 4.78 is 0. The third kappa shape index (κ3) is 4.19. The molecule has 0 bridgehead atoms. The highest BCUT2D eigenvalue weighted by molar-refractivity contribution is 4.88. The van der Waals surface area contributed by atoms with Crippen molar-refractivity contribution in [2.24, 2.45) is 5.73 Å². The number of piperazine rings is 1. The number of hydrogen-bond donors (Lipinski definition) is 2. The van der Waals surface area contributed by atoms with Crippen molar-refractivity contribution in [2.75, 3.05) is 32.8 Å². The lowest BCUT2D eigenvalue weighted by molar-refractivity contribution is 0.0186. The molecule has 1 aliphatic rings. The van der Waals surface area contributed by atoms with Crippen molar-refractivity contribution < 1.29 is 5.11 Å². The lowest BCUT2D eigenvalue weighted by atomic mass is 10.0. The van der Waals surface area contributed by atoms with E-state index in [4.69, 9.17) is 5.73 Å². The molecule has 1 aliphatic heterocycles. The summed E-state index contributed by atoms with van der Waals surface area (Å²) in [5.74, 6) is 0. The van der Waals surface area contributed by atoms with Gasteiger partial charge in [0, 0.05) is 43.8 Å². The Labute approximate surface area is 112 Å². The van der Waals surface area contributed by atoms with Crippen molar-refractivity contribution in [1.82, 2.24) is 9.80 Å². The van der Waals surface area contributed by atoms with Gasteiger partial charge in [-0.15, -0.1) is 0 Å². The third-order valence-electron chi connectivity index (χ3n) is 4.04. The lowest BCUT2D eigenvalue weighted by Crippen LogP contribution is -2.59. The van der Waals surface area contributed by atoms with Crippen LogP contribution in [-0.4, -0.2) is 65.3 Å². The monoisotopic (exact) mass is 257 g/mol. The first kappa shape index (κ1) is 15.9. The maximum atomic E-state index is 9.57. The summed E-state index contributed by atoms with van der Waals surface area (Å²) >= 11 is 0. The quantitative estimate of drug-likeness (QED) is 0.768. The van der Waals surface area contributed by atoms with Gasteiger partial charge in [-0.1, -0.05) is 13.3 Å². The fourth-order valence-electron chi connectivity index (χ4n) is 2.77. The van der Waals surface area contributed by atoms with Crippen molar-refractivity contribution in [2.45, 2.75) is 58.2 Å². The first-order chi connectivity index (χ1) is 8.40. The van der Waals surface area contributed by atoms with Gasteiger partial charge in [-0.3, -0.25) is 9.80 Å². The largest absolute Gasteiger partial charge is 0.395 e. The van der Waals surface area contributed by atoms with Crippen molar-refractivity contribution in [3.8, 4) is 0 Å². The van der Waals surface area contributed by atoms with Gasteiger partial charge in [0.2, 0.25) is 0 Å². The zero-order chi connectivity index (χ0) is 13.8. The SMILES string of the molecule is CCCC(N)C(CO)N1CCN(C(C)(C)C)CC1. The molecule has 0 spiro atoms. The Morgan fingerprint density at radius 3 is 2.11 bits per heavy atom. The molecule has 18 heavy (non-hydrogen) atoms. The van der Waals surface area contributed by atoms with Crippen LogP contribution in [0.4, 0.5) is 0 Å². The van der Waals surface area contributed by atoms with E-state index >= 15 is 0 Å². The molecule has 0 aromatic heterocycles. The molecule has 0 aliphatic carbocycles. The minimum atomic E-state index is 0.0983. The van der Waals surface area contributed by atoms with E-state index in [1.165, 1.54) is 0 Å². The Hall–Kier alpha value is -0.160. The van der Waals surface area contributed by atoms with E-state index < -0.39 is 0 Å². The zero-order valence-corrected chi connectivity index (χ0v) is 12.5. The zero-order valence-electron chi connectivity index (χ0n) is 12.5. The second-order valence-electron chi connectivity index (χ2n) is 6.40. The molecule has 0 amide bonds. The van der Waals surface area contributed by atoms with Gasteiger partial charge < -0.3 is 10.8 Å². The molecule has 1 fully saturated rings. The molecule has 2 atom stereocenters. The predicted octanol–water partition coefficient (Wildman–Crippen LogP) is 0.891. The van der Waals surface area contributed by atoms with Gasteiger partial charge in [0.1, 0.15) is 0 Å². The van der Waals surface area contributed by atoms with Crippen LogP contribution in [-0.2, 0) is 0 Å². The first-order valence-electron chi connectivity index (χ1n) is 7.25. The Morgan fingerprint density at radius 2 is 1.72 bits per heavy atom. The fraction of sp³-hybridized carbons (Fsp3) is 1.00. The Morgan fingerprint density at radius 1 is 1.17 bits per heavy atom. The van der Waals surface area contributed by atoms with E-state index in [2.05, 4.69) is 37.5 Å². The molecule has 108 valence electrons. The number of hydrogen-bond acceptors (Lipinski definition) is 4. The van der Waals surface area contributed by atoms with Crippen LogP contribution in [0, 0.1) is 0 Å². The van der Waals surface area contributed by atoms with Gasteiger partial charge in [-0.05, 0) is 27.2 Å². The van der Waals surface area contributed by atoms with Gasteiger partial charge in [0.25, 0.3) is 0 Å². The molecule has 2 unspecified atom stereocenters. The average Bonchev–Trinajstić information content (AvgIpc) is 2.30. The number of aliphatic hydroxyl groups excluding tert-OH is 1. The standard InChI is InChI=1S/C14H31N3O/c1-5-6-12(15)13(11-18)16-7-9-17(10-8-16)14(2,3)4/h12-13,18H,5-11,15H2,1-4H3. The van der Waals surface area contributed by atoms with Crippen LogP contribution in [0.2, 0.25) is 0 Å². The normalized spacial score (nSPS) is 23.0. The molecular weight excluding hydrogens is 226 g/mol. The summed E-state index contributed by atoms with van der Waals surface area (Å²) in [5, 5.41) is 9.57. The maximum absolute atomic E-state index is 9.57. The number of aliphatic hydroxyl groups is 1. The molecule has 1 rings (SSSR count). The van der Waals surface area contributed by atoms with Gasteiger partial charge in [-0.25, -0.2) is 0 Å². The van der Waals surface area contributed by atoms with Crippen LogP contribution in [0.3, 0.4) is 0 Å². The molecule has 3 N–H and O–H groups in total. The number of nitrogens with zero attached hydrogens (tertiary/aromatic N) is 2. The van der Waals surface area contributed by atoms with E-state index in [1.807, 2.05) is 0 Å². The molecule has 0 aromatic rings. The Bertz CT molecular complexity index is 232. The lowest BCUT2D eigenvalue weighted by Gasteiger charge is -2.45. The van der Waals surface area contributed by atoms with Gasteiger partial charge in [0.05, 0.1) is 6.61 Å². The molecule has 1 heterocycles. The molecule has 1 saturated heterocycles. The maximum Gasteiger partial charge on any atom is 0.0601 e. The highest BCUT2D eigenvalue weighted by Crippen LogP contribution is 2.18. The summed E-state index contributed by atoms with van der Waals surface area (Å²) in [4.78, 5) is 4.87. The minimum Gasteiger partial charge on any atom is -0.395 e. The van der Waals surface area contributed by atoms with Crippen molar-refractivity contribution in [3.63, 3.8) is 0 Å². The summed E-state index contributed by atoms with van der Waals surface area (Å²) in [5.41, 5.74) is 6.42. The molecule has 4 heteroatoms. The first-order valence-corrected chi connectivity index (χ1v) is 7.25. The van der Waals surface area contributed by atoms with E-state index in [0.717, 1.165) is 39.0 Å². The summed E-state index contributed by atoms with van der Waals surface area (Å²) in [6.45, 7) is 13.3. The van der Waals surface area contributed by atoms with Gasteiger partial charge in [0.15, 0.2) is 0 Å². The third-order valence-corrected chi connectivity index (χ3v) is 4.04. The molecule has 4 nitrogen and oxygen atoms in total. The second kappa shape index (κ2) is 6.85. The van der Waals surface area contributed by atoms with E-state index in [9.17, 15) is 5.11 Å². The number of rotatable bonds is 5. The Balaban J connectivity index is 2.50. The number of nitrogens with two attached hydrogens (primary N) is 1. The van der Waals surface area contributed by atoms with E-state index in [1.54, 1.807) is 0 Å². The topological polar surface area (TPSA) is 52.7 Å². The molecule has 0 saturated carbocycles. The highest BCUT2D eigenvalue weighted by atomic mass is 16.3. The molecule has 0 aromatic carbocycles. The van der Waals surface area contributed by atoms with Gasteiger partial charge >= 0.3 is 0 Å². The summed E-state index contributed by atoms with van der Waals surface area (Å²) in [7, 11) is 0. The molecular formula is C14H31N3O. The van der Waals surface area contributed by atoms with Crippen LogP contribution in [0.5, 0.6) is 0 Å². The van der Waals surface area contributed by atoms with Crippen molar-refractivity contribution in [3.05, 3.63) is 0 Å². The van der Waals surface area contributed by atoms with Crippen LogP contribution in [0.1, 0.15) is 40.5 Å². The second-order valence-corrected chi connectivity index (χ2v) is 6.40. The van der Waals surface area contributed by atoms with Crippen LogP contribution in [0.25, 0.3) is 0 Å². The molecule has 0 radical (unpaired) electrons. The average molecular weight is 257 g/mol. The summed E-state index contributed by atoms with van der Waals surface area (Å²) in [6, 6.07) is 0.230.